The van der Waals surface area contributed by atoms with Crippen molar-refractivity contribution in [2.24, 2.45) is 4.99 Å². The number of hydrogen-bond acceptors (Lipinski definition) is 4. The van der Waals surface area contributed by atoms with Crippen molar-refractivity contribution in [3.8, 4) is 0 Å². The number of aliphatic imine (C=N–C) groups is 1. The van der Waals surface area contributed by atoms with Crippen LogP contribution >= 0.6 is 27.7 Å². The van der Waals surface area contributed by atoms with E-state index in [1.54, 1.807) is 24.5 Å². The van der Waals surface area contributed by atoms with E-state index in [0.717, 1.165) is 15.9 Å². The SMILES string of the molecule is O=C1NC(=Nc2ccc(Br)cc2)SC1=CC=Cc1ccco1. The number of nitrogens with zero attached hydrogens (tertiary/aromatic N) is 1. The Morgan fingerprint density at radius 3 is 2.77 bits per heavy atom. The van der Waals surface area contributed by atoms with Gasteiger partial charge in [-0.05, 0) is 60.3 Å². The molecule has 1 saturated heterocycles. The van der Waals surface area contributed by atoms with Gasteiger partial charge in [-0.3, -0.25) is 4.79 Å². The van der Waals surface area contributed by atoms with Crippen LogP contribution < -0.4 is 5.32 Å². The van der Waals surface area contributed by atoms with E-state index in [0.29, 0.717) is 10.1 Å². The van der Waals surface area contributed by atoms with Gasteiger partial charge in [0.05, 0.1) is 16.9 Å². The molecular weight excluding hydrogens is 364 g/mol. The number of halogens is 1. The summed E-state index contributed by atoms with van der Waals surface area (Å²) in [6.07, 6.45) is 6.92. The summed E-state index contributed by atoms with van der Waals surface area (Å²) in [4.78, 5) is 16.9. The van der Waals surface area contributed by atoms with Crippen LogP contribution in [0, 0.1) is 0 Å². The van der Waals surface area contributed by atoms with Crippen LogP contribution in [0.3, 0.4) is 0 Å². The fourth-order valence-corrected chi connectivity index (χ4v) is 2.80. The van der Waals surface area contributed by atoms with Crippen LogP contribution in [0.15, 0.2) is 73.6 Å². The monoisotopic (exact) mass is 374 g/mol. The molecule has 1 amide bonds. The third kappa shape index (κ3) is 3.78. The summed E-state index contributed by atoms with van der Waals surface area (Å²) in [6.45, 7) is 0. The van der Waals surface area contributed by atoms with Gasteiger partial charge >= 0.3 is 0 Å². The lowest BCUT2D eigenvalue weighted by Crippen LogP contribution is -2.19. The minimum atomic E-state index is -0.148. The third-order valence-electron chi connectivity index (χ3n) is 2.76. The molecule has 0 unspecified atom stereocenters. The summed E-state index contributed by atoms with van der Waals surface area (Å²) in [5.41, 5.74) is 0.790. The van der Waals surface area contributed by atoms with Crippen molar-refractivity contribution in [2.45, 2.75) is 0 Å². The zero-order chi connectivity index (χ0) is 15.4. The fraction of sp³-hybridized carbons (Fsp3) is 0. The van der Waals surface area contributed by atoms with Crippen LogP contribution in [-0.4, -0.2) is 11.1 Å². The van der Waals surface area contributed by atoms with Crippen LogP contribution in [0.1, 0.15) is 5.76 Å². The molecule has 6 heteroatoms. The molecule has 1 N–H and O–H groups in total. The molecule has 0 atom stereocenters. The number of benzene rings is 1. The summed E-state index contributed by atoms with van der Waals surface area (Å²) >= 11 is 4.69. The van der Waals surface area contributed by atoms with E-state index in [-0.39, 0.29) is 5.91 Å². The number of rotatable bonds is 3. The zero-order valence-corrected chi connectivity index (χ0v) is 13.7. The first kappa shape index (κ1) is 14.9. The van der Waals surface area contributed by atoms with E-state index >= 15 is 0 Å². The molecule has 1 aliphatic heterocycles. The second kappa shape index (κ2) is 6.81. The number of thioether (sulfide) groups is 1. The van der Waals surface area contributed by atoms with Crippen LogP contribution in [0.2, 0.25) is 0 Å². The molecule has 4 nitrogen and oxygen atoms in total. The van der Waals surface area contributed by atoms with Crippen molar-refractivity contribution in [1.82, 2.24) is 5.32 Å². The van der Waals surface area contributed by atoms with E-state index in [2.05, 4.69) is 26.2 Å². The molecule has 0 bridgehead atoms. The van der Waals surface area contributed by atoms with Crippen LogP contribution in [0.5, 0.6) is 0 Å². The third-order valence-corrected chi connectivity index (χ3v) is 4.22. The fourth-order valence-electron chi connectivity index (χ4n) is 1.74. The first-order valence-electron chi connectivity index (χ1n) is 6.46. The predicted molar refractivity (Wildman–Crippen MR) is 92.8 cm³/mol. The number of allylic oxidation sites excluding steroid dienone is 2. The number of amidine groups is 1. The van der Waals surface area contributed by atoms with Gasteiger partial charge in [0.1, 0.15) is 5.76 Å². The van der Waals surface area contributed by atoms with Crippen LogP contribution in [0.4, 0.5) is 5.69 Å². The largest absolute Gasteiger partial charge is 0.465 e. The highest BCUT2D eigenvalue weighted by Gasteiger charge is 2.22. The Balaban J connectivity index is 1.71. The van der Waals surface area contributed by atoms with Gasteiger partial charge in [-0.15, -0.1) is 0 Å². The molecule has 2 heterocycles. The van der Waals surface area contributed by atoms with E-state index in [4.69, 9.17) is 4.42 Å². The maximum atomic E-state index is 11.9. The zero-order valence-electron chi connectivity index (χ0n) is 11.3. The first-order valence-corrected chi connectivity index (χ1v) is 8.07. The van der Waals surface area contributed by atoms with Crippen molar-refractivity contribution >= 4 is 50.5 Å². The van der Waals surface area contributed by atoms with Gasteiger partial charge in [-0.25, -0.2) is 4.99 Å². The number of amides is 1. The van der Waals surface area contributed by atoms with Crippen molar-refractivity contribution in [3.63, 3.8) is 0 Å². The number of carbonyl (C=O) groups is 1. The standard InChI is InChI=1S/C16H11BrN2O2S/c17-11-6-8-12(9-7-11)18-16-19-15(20)14(22-16)5-1-3-13-4-2-10-21-13/h1-10H,(H,18,19,20). The van der Waals surface area contributed by atoms with Crippen molar-refractivity contribution < 1.29 is 9.21 Å². The Morgan fingerprint density at radius 2 is 2.05 bits per heavy atom. The Labute approximate surface area is 140 Å². The Morgan fingerprint density at radius 1 is 1.23 bits per heavy atom. The number of hydrogen-bond donors (Lipinski definition) is 1. The van der Waals surface area contributed by atoms with Gasteiger partial charge in [0, 0.05) is 4.47 Å². The summed E-state index contributed by atoms with van der Waals surface area (Å²) < 4.78 is 6.17. The molecule has 3 rings (SSSR count). The number of furan rings is 1. The lowest BCUT2D eigenvalue weighted by Gasteiger charge is -1.96. The second-order valence-corrected chi connectivity index (χ2v) is 6.30. The van der Waals surface area contributed by atoms with Gasteiger partial charge in [-0.1, -0.05) is 22.0 Å². The summed E-state index contributed by atoms with van der Waals surface area (Å²) in [5, 5.41) is 3.32. The molecule has 1 aromatic carbocycles. The lowest BCUT2D eigenvalue weighted by atomic mass is 10.3. The van der Waals surface area contributed by atoms with Gasteiger partial charge in [-0.2, -0.15) is 0 Å². The minimum absolute atomic E-state index is 0.148. The van der Waals surface area contributed by atoms with Gasteiger partial charge in [0.25, 0.3) is 5.91 Å². The van der Waals surface area contributed by atoms with Crippen molar-refractivity contribution in [2.75, 3.05) is 0 Å². The summed E-state index contributed by atoms with van der Waals surface area (Å²) in [5.74, 6) is 0.592. The molecule has 0 radical (unpaired) electrons. The molecule has 1 aliphatic rings. The average molecular weight is 375 g/mol. The van der Waals surface area contributed by atoms with Gasteiger partial charge in [0.2, 0.25) is 0 Å². The molecule has 22 heavy (non-hydrogen) atoms. The van der Waals surface area contributed by atoms with Crippen molar-refractivity contribution in [3.05, 3.63) is 70.0 Å². The summed E-state index contributed by atoms with van der Waals surface area (Å²) in [7, 11) is 0. The first-order chi connectivity index (χ1) is 10.7. The quantitative estimate of drug-likeness (QED) is 0.805. The molecule has 1 aromatic heterocycles. The highest BCUT2D eigenvalue weighted by atomic mass is 79.9. The maximum Gasteiger partial charge on any atom is 0.264 e. The smallest absolute Gasteiger partial charge is 0.264 e. The molecule has 1 fully saturated rings. The topological polar surface area (TPSA) is 54.6 Å². The Kier molecular flexibility index (Phi) is 4.60. The molecule has 110 valence electrons. The minimum Gasteiger partial charge on any atom is -0.465 e. The van der Waals surface area contributed by atoms with E-state index in [1.165, 1.54) is 11.8 Å². The normalized spacial score (nSPS) is 18.5. The van der Waals surface area contributed by atoms with E-state index < -0.39 is 0 Å². The van der Waals surface area contributed by atoms with Crippen LogP contribution in [-0.2, 0) is 4.79 Å². The van der Waals surface area contributed by atoms with E-state index in [9.17, 15) is 4.79 Å². The number of carbonyl (C=O) groups excluding carboxylic acids is 1. The van der Waals surface area contributed by atoms with Gasteiger partial charge < -0.3 is 9.73 Å². The summed E-state index contributed by atoms with van der Waals surface area (Å²) in [6, 6.07) is 11.2. The Bertz CT molecular complexity index is 762. The van der Waals surface area contributed by atoms with Crippen LogP contribution in [0.25, 0.3) is 6.08 Å². The number of nitrogens with one attached hydrogen (secondary N) is 1. The molecule has 0 spiro atoms. The highest BCUT2D eigenvalue weighted by Crippen LogP contribution is 2.26. The molecule has 0 saturated carbocycles. The Hall–Kier alpha value is -2.05. The maximum absolute atomic E-state index is 11.9. The predicted octanol–water partition coefficient (Wildman–Crippen LogP) is 4.49. The van der Waals surface area contributed by atoms with Crippen molar-refractivity contribution in [1.29, 1.82) is 0 Å². The average Bonchev–Trinajstić information content (AvgIpc) is 3.12. The molecular formula is C16H11BrN2O2S. The lowest BCUT2D eigenvalue weighted by molar-refractivity contribution is -0.115. The molecule has 0 aliphatic carbocycles. The van der Waals surface area contributed by atoms with E-state index in [1.807, 2.05) is 36.4 Å². The second-order valence-electron chi connectivity index (χ2n) is 4.36. The molecule has 2 aromatic rings. The highest BCUT2D eigenvalue weighted by molar-refractivity contribution is 9.10. The van der Waals surface area contributed by atoms with Gasteiger partial charge in [0.15, 0.2) is 5.17 Å².